The van der Waals surface area contributed by atoms with Crippen LogP contribution in [0.1, 0.15) is 5.89 Å². The van der Waals surface area contributed by atoms with Crippen molar-refractivity contribution in [1.82, 2.24) is 10.1 Å². The molecular weight excluding hydrogens is 118 g/mol. The molecule has 1 aromatic heterocycles. The number of anilines is 1. The number of nitrogens with two attached hydrogens (primary N) is 1. The zero-order valence-corrected chi connectivity index (χ0v) is 4.87. The maximum Gasteiger partial charge on any atom is 0.260 e. The fraction of sp³-hybridized carbons (Fsp3) is 0.200. The minimum absolute atomic E-state index is 0.173. The highest BCUT2D eigenvalue weighted by atomic mass is 16.5. The molecule has 0 radical (unpaired) electrons. The highest BCUT2D eigenvalue weighted by Gasteiger charge is 1.97. The van der Waals surface area contributed by atoms with Crippen molar-refractivity contribution in [3.05, 3.63) is 18.5 Å². The molecule has 0 saturated carbocycles. The molecule has 48 valence electrons. The van der Waals surface area contributed by atoms with Crippen LogP contribution in [0, 0.1) is 0 Å². The third-order valence-electron chi connectivity index (χ3n) is 0.803. The van der Waals surface area contributed by atoms with Crippen molar-refractivity contribution < 1.29 is 4.52 Å². The molecule has 2 N–H and O–H groups in total. The van der Waals surface area contributed by atoms with Crippen LogP contribution < -0.4 is 5.73 Å². The van der Waals surface area contributed by atoms with E-state index in [0.29, 0.717) is 12.3 Å². The van der Waals surface area contributed by atoms with Gasteiger partial charge in [0.15, 0.2) is 0 Å². The summed E-state index contributed by atoms with van der Waals surface area (Å²) in [5, 5.41) is 3.38. The molecule has 4 heteroatoms. The Labute approximate surface area is 52.4 Å². The SMILES string of the molecule is C=CCc1nc(N)no1. The van der Waals surface area contributed by atoms with Crippen LogP contribution in [0.25, 0.3) is 0 Å². The van der Waals surface area contributed by atoms with Crippen molar-refractivity contribution in [2.45, 2.75) is 6.42 Å². The smallest absolute Gasteiger partial charge is 0.260 e. The van der Waals surface area contributed by atoms with E-state index in [1.807, 2.05) is 0 Å². The van der Waals surface area contributed by atoms with Gasteiger partial charge in [-0.2, -0.15) is 4.98 Å². The summed E-state index contributed by atoms with van der Waals surface area (Å²) < 4.78 is 4.65. The van der Waals surface area contributed by atoms with Gasteiger partial charge in [0.25, 0.3) is 5.95 Å². The molecule has 0 spiro atoms. The number of hydrogen-bond donors (Lipinski definition) is 1. The van der Waals surface area contributed by atoms with Gasteiger partial charge in [0, 0.05) is 6.42 Å². The third-order valence-corrected chi connectivity index (χ3v) is 0.803. The molecular formula is C5H7N3O. The van der Waals surface area contributed by atoms with Gasteiger partial charge in [0.1, 0.15) is 0 Å². The number of nitrogen functional groups attached to an aromatic ring is 1. The van der Waals surface area contributed by atoms with Gasteiger partial charge in [-0.15, -0.1) is 6.58 Å². The zero-order valence-electron chi connectivity index (χ0n) is 4.87. The van der Waals surface area contributed by atoms with Crippen molar-refractivity contribution in [2.24, 2.45) is 0 Å². The molecule has 9 heavy (non-hydrogen) atoms. The molecule has 0 amide bonds. The maximum absolute atomic E-state index is 5.16. The van der Waals surface area contributed by atoms with Gasteiger partial charge >= 0.3 is 0 Å². The summed E-state index contributed by atoms with van der Waals surface area (Å²) in [6.07, 6.45) is 2.25. The van der Waals surface area contributed by atoms with Crippen molar-refractivity contribution in [3.63, 3.8) is 0 Å². The van der Waals surface area contributed by atoms with Crippen molar-refractivity contribution in [3.8, 4) is 0 Å². The van der Waals surface area contributed by atoms with E-state index >= 15 is 0 Å². The number of rotatable bonds is 2. The van der Waals surface area contributed by atoms with E-state index in [9.17, 15) is 0 Å². The summed E-state index contributed by atoms with van der Waals surface area (Å²) in [4.78, 5) is 3.73. The Hall–Kier alpha value is -1.32. The van der Waals surface area contributed by atoms with Crippen LogP contribution in [0.15, 0.2) is 17.2 Å². The van der Waals surface area contributed by atoms with Crippen LogP contribution in [0.2, 0.25) is 0 Å². The lowest BCUT2D eigenvalue weighted by atomic mass is 10.4. The summed E-state index contributed by atoms with van der Waals surface area (Å²) in [7, 11) is 0. The molecule has 0 atom stereocenters. The normalized spacial score (nSPS) is 9.33. The van der Waals surface area contributed by atoms with E-state index < -0.39 is 0 Å². The Balaban J connectivity index is 2.72. The van der Waals surface area contributed by atoms with Gasteiger partial charge in [0.2, 0.25) is 5.89 Å². The van der Waals surface area contributed by atoms with Gasteiger partial charge < -0.3 is 10.3 Å². The highest BCUT2D eigenvalue weighted by molar-refractivity contribution is 5.11. The molecule has 0 saturated heterocycles. The predicted octanol–water partition coefficient (Wildman–Crippen LogP) is 0.380. The van der Waals surface area contributed by atoms with Crippen molar-refractivity contribution in [1.29, 1.82) is 0 Å². The summed E-state index contributed by atoms with van der Waals surface area (Å²) in [6, 6.07) is 0. The summed E-state index contributed by atoms with van der Waals surface area (Å²) in [6.45, 7) is 3.50. The molecule has 0 aliphatic heterocycles. The summed E-state index contributed by atoms with van der Waals surface area (Å²) in [5.74, 6) is 0.675. The quantitative estimate of drug-likeness (QED) is 0.580. The van der Waals surface area contributed by atoms with E-state index in [-0.39, 0.29) is 5.95 Å². The molecule has 4 nitrogen and oxygen atoms in total. The molecule has 1 aromatic rings. The molecule has 0 bridgehead atoms. The Morgan fingerprint density at radius 1 is 1.78 bits per heavy atom. The van der Waals surface area contributed by atoms with Gasteiger partial charge in [-0.1, -0.05) is 6.08 Å². The average Bonchev–Trinajstić information content (AvgIpc) is 2.17. The fourth-order valence-electron chi connectivity index (χ4n) is 0.474. The van der Waals surface area contributed by atoms with E-state index in [4.69, 9.17) is 5.73 Å². The van der Waals surface area contributed by atoms with Crippen molar-refractivity contribution in [2.75, 3.05) is 5.73 Å². The lowest BCUT2D eigenvalue weighted by molar-refractivity contribution is 0.387. The Kier molecular flexibility index (Phi) is 1.48. The molecule has 0 aliphatic rings. The number of hydrogen-bond acceptors (Lipinski definition) is 4. The van der Waals surface area contributed by atoms with Crippen molar-refractivity contribution >= 4 is 5.95 Å². The Bertz CT molecular complexity index is 206. The van der Waals surface area contributed by atoms with Crippen LogP contribution in [0.4, 0.5) is 5.95 Å². The van der Waals surface area contributed by atoms with Crippen LogP contribution in [0.5, 0.6) is 0 Å². The van der Waals surface area contributed by atoms with Crippen LogP contribution >= 0.6 is 0 Å². The summed E-state index contributed by atoms with van der Waals surface area (Å²) >= 11 is 0. The van der Waals surface area contributed by atoms with Crippen LogP contribution in [-0.2, 0) is 6.42 Å². The molecule has 1 rings (SSSR count). The highest BCUT2D eigenvalue weighted by Crippen LogP contribution is 1.97. The number of allylic oxidation sites excluding steroid dienone is 1. The number of aromatic nitrogens is 2. The van der Waals surface area contributed by atoms with E-state index in [1.54, 1.807) is 6.08 Å². The first-order valence-corrected chi connectivity index (χ1v) is 2.52. The zero-order chi connectivity index (χ0) is 6.69. The predicted molar refractivity (Wildman–Crippen MR) is 32.6 cm³/mol. The lowest BCUT2D eigenvalue weighted by Gasteiger charge is -1.77. The molecule has 0 aliphatic carbocycles. The first kappa shape index (κ1) is 5.81. The number of nitrogens with zero attached hydrogens (tertiary/aromatic N) is 2. The molecule has 0 fully saturated rings. The third kappa shape index (κ3) is 1.28. The minimum Gasteiger partial charge on any atom is -0.365 e. The Morgan fingerprint density at radius 3 is 3.00 bits per heavy atom. The average molecular weight is 125 g/mol. The molecule has 0 aromatic carbocycles. The second-order valence-electron chi connectivity index (χ2n) is 1.54. The largest absolute Gasteiger partial charge is 0.365 e. The summed E-state index contributed by atoms with van der Waals surface area (Å²) in [5.41, 5.74) is 5.16. The van der Waals surface area contributed by atoms with Crippen LogP contribution in [0.3, 0.4) is 0 Å². The second kappa shape index (κ2) is 2.30. The van der Waals surface area contributed by atoms with E-state index in [0.717, 1.165) is 0 Å². The molecule has 1 heterocycles. The Morgan fingerprint density at radius 2 is 2.56 bits per heavy atom. The minimum atomic E-state index is 0.173. The maximum atomic E-state index is 5.16. The monoisotopic (exact) mass is 125 g/mol. The van der Waals surface area contributed by atoms with Gasteiger partial charge in [-0.05, 0) is 5.16 Å². The van der Waals surface area contributed by atoms with Gasteiger partial charge in [-0.25, -0.2) is 0 Å². The van der Waals surface area contributed by atoms with Gasteiger partial charge in [-0.3, -0.25) is 0 Å². The topological polar surface area (TPSA) is 64.9 Å². The first-order chi connectivity index (χ1) is 4.33. The fourth-order valence-corrected chi connectivity index (χ4v) is 0.474. The van der Waals surface area contributed by atoms with Crippen LogP contribution in [-0.4, -0.2) is 10.1 Å². The standard InChI is InChI=1S/C5H7N3O/c1-2-3-4-7-5(6)8-9-4/h2H,1,3H2,(H2,6,8). The van der Waals surface area contributed by atoms with E-state index in [1.165, 1.54) is 0 Å². The van der Waals surface area contributed by atoms with Gasteiger partial charge in [0.05, 0.1) is 0 Å². The lowest BCUT2D eigenvalue weighted by Crippen LogP contribution is -1.86. The molecule has 0 unspecified atom stereocenters. The second-order valence-corrected chi connectivity index (χ2v) is 1.54. The first-order valence-electron chi connectivity index (χ1n) is 2.52. The van der Waals surface area contributed by atoms with E-state index in [2.05, 4.69) is 21.2 Å².